The maximum atomic E-state index is 12.6. The Labute approximate surface area is 91.1 Å². The minimum Gasteiger partial charge on any atom is -0.449 e. The number of carbonyl (C=O) groups is 1. The summed E-state index contributed by atoms with van der Waals surface area (Å²) in [4.78, 5) is 11.4. The number of nitrogens with one attached hydrogen (secondary N) is 2. The van der Waals surface area contributed by atoms with Gasteiger partial charge < -0.3 is 9.73 Å². The molecule has 2 rings (SSSR count). The van der Waals surface area contributed by atoms with Crippen LogP contribution in [0.25, 0.3) is 0 Å². The summed E-state index contributed by atoms with van der Waals surface area (Å²) in [6, 6.07) is 8.30. The number of hydrogen-bond acceptors (Lipinski definition) is 2. The van der Waals surface area contributed by atoms with Crippen molar-refractivity contribution in [3.8, 4) is 0 Å². The first-order valence-electron chi connectivity index (χ1n) is 4.61. The number of anilines is 2. The highest BCUT2D eigenvalue weighted by Gasteiger charge is 2.03. The van der Waals surface area contributed by atoms with Crippen molar-refractivity contribution in [3.63, 3.8) is 0 Å². The van der Waals surface area contributed by atoms with Gasteiger partial charge in [-0.3, -0.25) is 5.32 Å². The van der Waals surface area contributed by atoms with Gasteiger partial charge in [0.1, 0.15) is 5.82 Å². The van der Waals surface area contributed by atoms with E-state index in [4.69, 9.17) is 4.42 Å². The molecule has 0 aliphatic rings. The number of rotatable bonds is 2. The molecule has 2 amide bonds. The lowest BCUT2D eigenvalue weighted by Gasteiger charge is -2.04. The lowest BCUT2D eigenvalue weighted by Crippen LogP contribution is -2.18. The molecule has 0 aliphatic carbocycles. The molecule has 0 saturated carbocycles. The Balaban J connectivity index is 1.95. The molecule has 2 N–H and O–H groups in total. The van der Waals surface area contributed by atoms with Gasteiger partial charge in [0.25, 0.3) is 0 Å². The van der Waals surface area contributed by atoms with Crippen molar-refractivity contribution in [2.24, 2.45) is 0 Å². The van der Waals surface area contributed by atoms with Gasteiger partial charge in [0.2, 0.25) is 5.88 Å². The van der Waals surface area contributed by atoms with Gasteiger partial charge in [0.05, 0.1) is 6.26 Å². The van der Waals surface area contributed by atoms with Crippen molar-refractivity contribution in [1.82, 2.24) is 0 Å². The van der Waals surface area contributed by atoms with E-state index in [1.807, 2.05) is 0 Å². The second kappa shape index (κ2) is 4.48. The van der Waals surface area contributed by atoms with Crippen LogP contribution in [-0.4, -0.2) is 6.03 Å². The molecular formula is C11H9FN2O2. The van der Waals surface area contributed by atoms with Gasteiger partial charge in [-0.2, -0.15) is 0 Å². The normalized spacial score (nSPS) is 9.81. The van der Waals surface area contributed by atoms with Crippen LogP contribution < -0.4 is 10.6 Å². The summed E-state index contributed by atoms with van der Waals surface area (Å²) < 4.78 is 17.5. The van der Waals surface area contributed by atoms with Crippen LogP contribution in [0.2, 0.25) is 0 Å². The smallest absolute Gasteiger partial charge is 0.326 e. The highest BCUT2D eigenvalue weighted by molar-refractivity contribution is 5.98. The van der Waals surface area contributed by atoms with Crippen LogP contribution in [0.5, 0.6) is 0 Å². The molecule has 16 heavy (non-hydrogen) atoms. The zero-order valence-electron chi connectivity index (χ0n) is 8.24. The fourth-order valence-electron chi connectivity index (χ4n) is 1.16. The average Bonchev–Trinajstić information content (AvgIpc) is 2.74. The standard InChI is InChI=1S/C11H9FN2O2/c12-8-3-5-9(6-4-8)13-11(15)14-10-2-1-7-16-10/h1-7H,(H2,13,14,15). The minimum absolute atomic E-state index is 0.347. The topological polar surface area (TPSA) is 54.3 Å². The van der Waals surface area contributed by atoms with Gasteiger partial charge in [0, 0.05) is 11.8 Å². The molecule has 82 valence electrons. The highest BCUT2D eigenvalue weighted by atomic mass is 19.1. The van der Waals surface area contributed by atoms with Gasteiger partial charge in [-0.15, -0.1) is 0 Å². The van der Waals surface area contributed by atoms with E-state index in [1.54, 1.807) is 12.1 Å². The molecule has 1 heterocycles. The summed E-state index contributed by atoms with van der Waals surface area (Å²) in [5.41, 5.74) is 0.505. The number of urea groups is 1. The van der Waals surface area contributed by atoms with E-state index >= 15 is 0 Å². The Morgan fingerprint density at radius 1 is 1.12 bits per heavy atom. The maximum Gasteiger partial charge on any atom is 0.326 e. The van der Waals surface area contributed by atoms with Gasteiger partial charge in [-0.1, -0.05) is 0 Å². The van der Waals surface area contributed by atoms with E-state index in [0.29, 0.717) is 11.6 Å². The van der Waals surface area contributed by atoms with Crippen LogP contribution in [0, 0.1) is 5.82 Å². The zero-order chi connectivity index (χ0) is 11.4. The van der Waals surface area contributed by atoms with Crippen LogP contribution in [0.15, 0.2) is 47.1 Å². The molecule has 0 spiro atoms. The molecule has 0 saturated heterocycles. The molecule has 5 heteroatoms. The third-order valence-corrected chi connectivity index (χ3v) is 1.86. The summed E-state index contributed by atoms with van der Waals surface area (Å²) in [6.07, 6.45) is 1.45. The van der Waals surface area contributed by atoms with E-state index in [9.17, 15) is 9.18 Å². The van der Waals surface area contributed by atoms with Crippen molar-refractivity contribution >= 4 is 17.6 Å². The molecule has 0 radical (unpaired) electrons. The van der Waals surface area contributed by atoms with Gasteiger partial charge in [0.15, 0.2) is 0 Å². The number of halogens is 1. The first kappa shape index (κ1) is 10.2. The van der Waals surface area contributed by atoms with Crippen LogP contribution in [0.3, 0.4) is 0 Å². The van der Waals surface area contributed by atoms with E-state index in [0.717, 1.165) is 0 Å². The first-order chi connectivity index (χ1) is 7.74. The number of hydrogen-bond donors (Lipinski definition) is 2. The number of benzene rings is 1. The predicted octanol–water partition coefficient (Wildman–Crippen LogP) is 3.06. The maximum absolute atomic E-state index is 12.6. The summed E-state index contributed by atoms with van der Waals surface area (Å²) >= 11 is 0. The molecule has 1 aromatic heterocycles. The minimum atomic E-state index is -0.443. The van der Waals surface area contributed by atoms with Gasteiger partial charge in [-0.25, -0.2) is 9.18 Å². The number of amides is 2. The lowest BCUT2D eigenvalue weighted by atomic mass is 10.3. The second-order valence-electron chi connectivity index (χ2n) is 3.06. The Bertz CT molecular complexity index is 465. The monoisotopic (exact) mass is 220 g/mol. The highest BCUT2D eigenvalue weighted by Crippen LogP contribution is 2.10. The third kappa shape index (κ3) is 2.60. The third-order valence-electron chi connectivity index (χ3n) is 1.86. The predicted molar refractivity (Wildman–Crippen MR) is 57.7 cm³/mol. The molecule has 2 aromatic rings. The Hall–Kier alpha value is -2.30. The van der Waals surface area contributed by atoms with Crippen LogP contribution in [0.4, 0.5) is 20.8 Å². The lowest BCUT2D eigenvalue weighted by molar-refractivity contribution is 0.261. The van der Waals surface area contributed by atoms with Crippen molar-refractivity contribution in [2.75, 3.05) is 10.6 Å². The molecule has 0 fully saturated rings. The summed E-state index contributed by atoms with van der Waals surface area (Å²) in [6.45, 7) is 0. The van der Waals surface area contributed by atoms with Crippen molar-refractivity contribution in [1.29, 1.82) is 0 Å². The van der Waals surface area contributed by atoms with E-state index in [1.165, 1.54) is 30.5 Å². The van der Waals surface area contributed by atoms with Crippen molar-refractivity contribution in [3.05, 3.63) is 48.5 Å². The molecule has 0 aliphatic heterocycles. The average molecular weight is 220 g/mol. The zero-order valence-corrected chi connectivity index (χ0v) is 8.24. The second-order valence-corrected chi connectivity index (χ2v) is 3.06. The van der Waals surface area contributed by atoms with Crippen molar-refractivity contribution in [2.45, 2.75) is 0 Å². The van der Waals surface area contributed by atoms with Gasteiger partial charge in [-0.05, 0) is 30.3 Å². The number of furan rings is 1. The quantitative estimate of drug-likeness (QED) is 0.817. The Morgan fingerprint density at radius 3 is 2.50 bits per heavy atom. The molecule has 0 unspecified atom stereocenters. The summed E-state index contributed by atoms with van der Waals surface area (Å²) in [5, 5.41) is 5.01. The Morgan fingerprint density at radius 2 is 1.88 bits per heavy atom. The fraction of sp³-hybridized carbons (Fsp3) is 0. The Kier molecular flexibility index (Phi) is 2.86. The molecule has 1 aromatic carbocycles. The largest absolute Gasteiger partial charge is 0.449 e. The van der Waals surface area contributed by atoms with E-state index < -0.39 is 6.03 Å². The molecular weight excluding hydrogens is 211 g/mol. The molecule has 0 bridgehead atoms. The van der Waals surface area contributed by atoms with Crippen LogP contribution in [0.1, 0.15) is 0 Å². The van der Waals surface area contributed by atoms with Crippen LogP contribution in [-0.2, 0) is 0 Å². The number of carbonyl (C=O) groups excluding carboxylic acids is 1. The first-order valence-corrected chi connectivity index (χ1v) is 4.61. The van der Waals surface area contributed by atoms with Crippen molar-refractivity contribution < 1.29 is 13.6 Å². The summed E-state index contributed by atoms with van der Waals surface area (Å²) in [7, 11) is 0. The fourth-order valence-corrected chi connectivity index (χ4v) is 1.16. The molecule has 0 atom stereocenters. The SMILES string of the molecule is O=C(Nc1ccc(F)cc1)Nc1ccco1. The van der Waals surface area contributed by atoms with E-state index in [2.05, 4.69) is 10.6 Å². The molecule has 4 nitrogen and oxygen atoms in total. The van der Waals surface area contributed by atoms with E-state index in [-0.39, 0.29) is 5.82 Å². The summed E-state index contributed by atoms with van der Waals surface area (Å²) in [5.74, 6) is -0.00314. The van der Waals surface area contributed by atoms with Gasteiger partial charge >= 0.3 is 6.03 Å². The van der Waals surface area contributed by atoms with Crippen LogP contribution >= 0.6 is 0 Å².